The first-order chi connectivity index (χ1) is 9.84. The van der Waals surface area contributed by atoms with Gasteiger partial charge in [-0.2, -0.15) is 0 Å². The minimum Gasteiger partial charge on any atom is -0.367 e. The van der Waals surface area contributed by atoms with Gasteiger partial charge in [-0.15, -0.1) is 0 Å². The largest absolute Gasteiger partial charge is 0.367 e. The van der Waals surface area contributed by atoms with E-state index < -0.39 is 28.9 Å². The molecule has 0 aromatic heterocycles. The fourth-order valence-electron chi connectivity index (χ4n) is 1.99. The van der Waals surface area contributed by atoms with Crippen LogP contribution < -0.4 is 11.1 Å². The highest BCUT2D eigenvalue weighted by molar-refractivity contribution is 5.89. The Bertz CT molecular complexity index is 690. The number of nitrogens with one attached hydrogen (secondary N) is 1. The third-order valence-corrected chi connectivity index (χ3v) is 3.22. The molecule has 6 heteroatoms. The van der Waals surface area contributed by atoms with Crippen LogP contribution >= 0.6 is 0 Å². The van der Waals surface area contributed by atoms with Crippen LogP contribution in [0, 0.1) is 17.5 Å². The van der Waals surface area contributed by atoms with Crippen LogP contribution in [0.25, 0.3) is 0 Å². The first kappa shape index (κ1) is 14.9. The second-order valence-corrected chi connectivity index (χ2v) is 4.72. The van der Waals surface area contributed by atoms with E-state index in [1.165, 1.54) is 25.1 Å². The molecule has 0 spiro atoms. The van der Waals surface area contributed by atoms with Crippen molar-refractivity contribution in [2.24, 2.45) is 5.73 Å². The van der Waals surface area contributed by atoms with Gasteiger partial charge >= 0.3 is 0 Å². The molecule has 0 aliphatic rings. The summed E-state index contributed by atoms with van der Waals surface area (Å²) in [5, 5.41) is 2.59. The number of carbonyl (C=O) groups excluding carboxylic acids is 1. The maximum atomic E-state index is 13.9. The summed E-state index contributed by atoms with van der Waals surface area (Å²) in [7, 11) is 0. The number of benzene rings is 2. The monoisotopic (exact) mass is 294 g/mol. The third-order valence-electron chi connectivity index (χ3n) is 3.22. The van der Waals surface area contributed by atoms with Gasteiger partial charge in [-0.05, 0) is 25.1 Å². The first-order valence-electron chi connectivity index (χ1n) is 6.13. The molecule has 1 unspecified atom stereocenters. The van der Waals surface area contributed by atoms with Gasteiger partial charge in [0, 0.05) is 11.6 Å². The summed E-state index contributed by atoms with van der Waals surface area (Å²) in [5.41, 5.74) is 3.42. The molecule has 0 radical (unpaired) electrons. The van der Waals surface area contributed by atoms with Gasteiger partial charge in [0.25, 0.3) is 0 Å². The summed E-state index contributed by atoms with van der Waals surface area (Å²) in [4.78, 5) is 11.8. The molecule has 0 aliphatic heterocycles. The zero-order chi connectivity index (χ0) is 15.6. The lowest BCUT2D eigenvalue weighted by atomic mass is 9.90. The third kappa shape index (κ3) is 2.84. The summed E-state index contributed by atoms with van der Waals surface area (Å²) in [6, 6.07) is 8.34. The van der Waals surface area contributed by atoms with E-state index in [9.17, 15) is 18.0 Å². The lowest BCUT2D eigenvalue weighted by Crippen LogP contribution is -2.46. The average Bonchev–Trinajstić information content (AvgIpc) is 2.41. The minimum atomic E-state index is -1.72. The summed E-state index contributed by atoms with van der Waals surface area (Å²) in [5.74, 6) is -3.27. The molecule has 0 bridgehead atoms. The van der Waals surface area contributed by atoms with Crippen LogP contribution in [0.2, 0.25) is 0 Å². The number of para-hydroxylation sites is 1. The van der Waals surface area contributed by atoms with E-state index in [0.29, 0.717) is 6.07 Å². The summed E-state index contributed by atoms with van der Waals surface area (Å²) in [6.45, 7) is 1.30. The van der Waals surface area contributed by atoms with Gasteiger partial charge in [-0.25, -0.2) is 13.2 Å². The van der Waals surface area contributed by atoms with E-state index in [4.69, 9.17) is 5.73 Å². The number of anilines is 1. The van der Waals surface area contributed by atoms with Gasteiger partial charge in [-0.1, -0.05) is 18.2 Å². The van der Waals surface area contributed by atoms with Gasteiger partial charge < -0.3 is 11.1 Å². The highest BCUT2D eigenvalue weighted by Crippen LogP contribution is 2.29. The van der Waals surface area contributed by atoms with E-state index >= 15 is 0 Å². The maximum Gasteiger partial charge on any atom is 0.247 e. The number of hydrogen-bond acceptors (Lipinski definition) is 2. The zero-order valence-corrected chi connectivity index (χ0v) is 11.2. The van der Waals surface area contributed by atoms with E-state index in [1.54, 1.807) is 6.07 Å². The molecule has 110 valence electrons. The second-order valence-electron chi connectivity index (χ2n) is 4.72. The SMILES string of the molecule is CC(Nc1ccccc1F)(C(N)=O)c1ccc(F)cc1F. The van der Waals surface area contributed by atoms with Crippen molar-refractivity contribution in [1.29, 1.82) is 0 Å². The van der Waals surface area contributed by atoms with Crippen molar-refractivity contribution in [3.8, 4) is 0 Å². The average molecular weight is 294 g/mol. The normalized spacial score (nSPS) is 13.5. The Morgan fingerprint density at radius 3 is 2.33 bits per heavy atom. The van der Waals surface area contributed by atoms with Gasteiger partial charge in [0.15, 0.2) is 0 Å². The quantitative estimate of drug-likeness (QED) is 0.911. The highest BCUT2D eigenvalue weighted by Gasteiger charge is 2.36. The molecule has 0 aliphatic carbocycles. The van der Waals surface area contributed by atoms with Crippen molar-refractivity contribution in [2.45, 2.75) is 12.5 Å². The zero-order valence-electron chi connectivity index (χ0n) is 11.2. The number of nitrogens with two attached hydrogens (primary N) is 1. The number of carbonyl (C=O) groups is 1. The molecule has 2 aromatic carbocycles. The molecule has 0 saturated carbocycles. The van der Waals surface area contributed by atoms with Crippen LogP contribution in [-0.4, -0.2) is 5.91 Å². The van der Waals surface area contributed by atoms with Gasteiger partial charge in [-0.3, -0.25) is 4.79 Å². The van der Waals surface area contributed by atoms with Crippen molar-refractivity contribution in [1.82, 2.24) is 0 Å². The van der Waals surface area contributed by atoms with Gasteiger partial charge in [0.1, 0.15) is 23.0 Å². The molecule has 1 amide bonds. The maximum absolute atomic E-state index is 13.9. The number of rotatable bonds is 4. The van der Waals surface area contributed by atoms with E-state index in [-0.39, 0.29) is 11.3 Å². The Hall–Kier alpha value is -2.50. The Labute approximate surface area is 119 Å². The topological polar surface area (TPSA) is 55.1 Å². The molecule has 0 saturated heterocycles. The second kappa shape index (κ2) is 5.47. The lowest BCUT2D eigenvalue weighted by molar-refractivity contribution is -0.122. The van der Waals surface area contributed by atoms with Crippen molar-refractivity contribution in [3.05, 3.63) is 65.5 Å². The first-order valence-corrected chi connectivity index (χ1v) is 6.13. The standard InChI is InChI=1S/C15H13F3N2O/c1-15(14(19)21,10-7-6-9(16)8-12(10)18)20-13-5-3-2-4-11(13)17/h2-8,20H,1H3,(H2,19,21). The lowest BCUT2D eigenvalue weighted by Gasteiger charge is -2.29. The number of amides is 1. The van der Waals surface area contributed by atoms with Crippen LogP contribution in [0.3, 0.4) is 0 Å². The molecule has 1 atom stereocenters. The number of hydrogen-bond donors (Lipinski definition) is 2. The predicted molar refractivity (Wildman–Crippen MR) is 72.9 cm³/mol. The number of primary amides is 1. The molecule has 2 aromatic rings. The Balaban J connectivity index is 2.51. The van der Waals surface area contributed by atoms with Gasteiger partial charge in [0.2, 0.25) is 5.91 Å². The van der Waals surface area contributed by atoms with E-state index in [2.05, 4.69) is 5.32 Å². The molecular weight excluding hydrogens is 281 g/mol. The van der Waals surface area contributed by atoms with Crippen LogP contribution in [-0.2, 0) is 10.3 Å². The number of halogens is 3. The smallest absolute Gasteiger partial charge is 0.247 e. The summed E-state index contributed by atoms with van der Waals surface area (Å²) in [6.07, 6.45) is 0. The van der Waals surface area contributed by atoms with Crippen LogP contribution in [0.1, 0.15) is 12.5 Å². The van der Waals surface area contributed by atoms with E-state index in [0.717, 1.165) is 12.1 Å². The fraction of sp³-hybridized carbons (Fsp3) is 0.133. The molecule has 3 N–H and O–H groups in total. The van der Waals surface area contributed by atoms with Crippen LogP contribution in [0.15, 0.2) is 42.5 Å². The highest BCUT2D eigenvalue weighted by atomic mass is 19.1. The minimum absolute atomic E-state index is 0.0116. The van der Waals surface area contributed by atoms with Crippen LogP contribution in [0.4, 0.5) is 18.9 Å². The molecule has 2 rings (SSSR count). The molecule has 0 heterocycles. The predicted octanol–water partition coefficient (Wildman–Crippen LogP) is 2.92. The van der Waals surface area contributed by atoms with E-state index in [1.807, 2.05) is 0 Å². The molecular formula is C15H13F3N2O. The Morgan fingerprint density at radius 1 is 1.10 bits per heavy atom. The fourth-order valence-corrected chi connectivity index (χ4v) is 1.99. The van der Waals surface area contributed by atoms with Crippen molar-refractivity contribution >= 4 is 11.6 Å². The molecule has 21 heavy (non-hydrogen) atoms. The summed E-state index contributed by atoms with van der Waals surface area (Å²) < 4.78 is 40.6. The molecule has 3 nitrogen and oxygen atoms in total. The van der Waals surface area contributed by atoms with Crippen molar-refractivity contribution in [2.75, 3.05) is 5.32 Å². The van der Waals surface area contributed by atoms with Gasteiger partial charge in [0.05, 0.1) is 5.69 Å². The van der Waals surface area contributed by atoms with Crippen molar-refractivity contribution in [3.63, 3.8) is 0 Å². The molecule has 0 fully saturated rings. The van der Waals surface area contributed by atoms with Crippen LogP contribution in [0.5, 0.6) is 0 Å². The Kier molecular flexibility index (Phi) is 3.88. The summed E-state index contributed by atoms with van der Waals surface area (Å²) >= 11 is 0. The van der Waals surface area contributed by atoms with Crippen molar-refractivity contribution < 1.29 is 18.0 Å². The Morgan fingerprint density at radius 2 is 1.76 bits per heavy atom.